The minimum absolute atomic E-state index is 0.00726. The van der Waals surface area contributed by atoms with E-state index in [2.05, 4.69) is 20.6 Å². The van der Waals surface area contributed by atoms with Gasteiger partial charge in [-0.05, 0) is 35.9 Å². The fraction of sp³-hybridized carbons (Fsp3) is 0.150. The molecule has 2 N–H and O–H groups in total. The van der Waals surface area contributed by atoms with E-state index >= 15 is 0 Å². The van der Waals surface area contributed by atoms with Gasteiger partial charge < -0.3 is 10.6 Å². The zero-order chi connectivity index (χ0) is 22.6. The first-order valence-electron chi connectivity index (χ1n) is 8.71. The SMILES string of the molecule is O=C(Nc1cccnc1)NC(c1ccc(C(F)(F)F)cc1)c1cnccc1C(F)(F)F. The number of nitrogens with one attached hydrogen (secondary N) is 2. The van der Waals surface area contributed by atoms with E-state index in [4.69, 9.17) is 0 Å². The molecule has 5 nitrogen and oxygen atoms in total. The lowest BCUT2D eigenvalue weighted by Crippen LogP contribution is -2.34. The smallest absolute Gasteiger partial charge is 0.327 e. The van der Waals surface area contributed by atoms with Crippen molar-refractivity contribution in [1.82, 2.24) is 15.3 Å². The van der Waals surface area contributed by atoms with Crippen LogP contribution in [0.2, 0.25) is 0 Å². The van der Waals surface area contributed by atoms with Crippen molar-refractivity contribution in [3.63, 3.8) is 0 Å². The predicted molar refractivity (Wildman–Crippen MR) is 98.9 cm³/mol. The molecule has 0 radical (unpaired) electrons. The molecule has 2 amide bonds. The fourth-order valence-electron chi connectivity index (χ4n) is 2.84. The quantitative estimate of drug-likeness (QED) is 0.532. The van der Waals surface area contributed by atoms with Gasteiger partial charge in [-0.15, -0.1) is 0 Å². The number of rotatable bonds is 4. The van der Waals surface area contributed by atoms with Crippen LogP contribution in [0, 0.1) is 0 Å². The molecule has 2 aromatic heterocycles. The third kappa shape index (κ3) is 5.50. The lowest BCUT2D eigenvalue weighted by Gasteiger charge is -2.23. The molecule has 0 saturated heterocycles. The lowest BCUT2D eigenvalue weighted by molar-refractivity contribution is -0.138. The Bertz CT molecular complexity index is 1040. The summed E-state index contributed by atoms with van der Waals surface area (Å²) in [6.45, 7) is 0. The molecule has 2 heterocycles. The van der Waals surface area contributed by atoms with Crippen LogP contribution in [0.5, 0.6) is 0 Å². The van der Waals surface area contributed by atoms with Gasteiger partial charge in [0.25, 0.3) is 0 Å². The summed E-state index contributed by atoms with van der Waals surface area (Å²) < 4.78 is 79.2. The van der Waals surface area contributed by atoms with Crippen LogP contribution < -0.4 is 10.6 Å². The molecular weight excluding hydrogens is 426 g/mol. The Balaban J connectivity index is 2.00. The van der Waals surface area contributed by atoms with Gasteiger partial charge in [0, 0.05) is 24.2 Å². The Morgan fingerprint density at radius 2 is 1.52 bits per heavy atom. The summed E-state index contributed by atoms with van der Waals surface area (Å²) in [6, 6.07) is 4.93. The summed E-state index contributed by atoms with van der Waals surface area (Å²) in [6.07, 6.45) is -4.77. The molecule has 1 atom stereocenters. The molecule has 0 fully saturated rings. The summed E-state index contributed by atoms with van der Waals surface area (Å²) >= 11 is 0. The second-order valence-corrected chi connectivity index (χ2v) is 6.35. The summed E-state index contributed by atoms with van der Waals surface area (Å²) in [5, 5.41) is 4.78. The number of benzene rings is 1. The highest BCUT2D eigenvalue weighted by molar-refractivity contribution is 5.89. The number of carbonyl (C=O) groups is 1. The van der Waals surface area contributed by atoms with E-state index in [0.29, 0.717) is 0 Å². The number of amides is 2. The summed E-state index contributed by atoms with van der Waals surface area (Å²) in [4.78, 5) is 19.9. The average molecular weight is 440 g/mol. The first kappa shape index (κ1) is 22.1. The van der Waals surface area contributed by atoms with Gasteiger partial charge in [-0.3, -0.25) is 9.97 Å². The molecule has 0 aliphatic heterocycles. The monoisotopic (exact) mass is 440 g/mol. The van der Waals surface area contributed by atoms with Crippen LogP contribution in [0.15, 0.2) is 67.3 Å². The maximum atomic E-state index is 13.5. The Labute approximate surface area is 172 Å². The van der Waals surface area contributed by atoms with Crippen molar-refractivity contribution in [3.8, 4) is 0 Å². The number of halogens is 6. The highest BCUT2D eigenvalue weighted by atomic mass is 19.4. The van der Waals surface area contributed by atoms with Crippen LogP contribution in [-0.4, -0.2) is 16.0 Å². The predicted octanol–water partition coefficient (Wildman–Crippen LogP) is 5.43. The Hall–Kier alpha value is -3.63. The van der Waals surface area contributed by atoms with Gasteiger partial charge in [-0.2, -0.15) is 26.3 Å². The van der Waals surface area contributed by atoms with Gasteiger partial charge in [0.1, 0.15) is 0 Å². The molecule has 0 spiro atoms. The second kappa shape index (κ2) is 8.62. The first-order valence-corrected chi connectivity index (χ1v) is 8.71. The largest absolute Gasteiger partial charge is 0.416 e. The van der Waals surface area contributed by atoms with Crippen LogP contribution in [0.3, 0.4) is 0 Å². The third-order valence-electron chi connectivity index (χ3n) is 4.23. The summed E-state index contributed by atoms with van der Waals surface area (Å²) in [5.41, 5.74) is -2.19. The number of hydrogen-bond acceptors (Lipinski definition) is 3. The zero-order valence-corrected chi connectivity index (χ0v) is 15.5. The van der Waals surface area contributed by atoms with Gasteiger partial charge >= 0.3 is 18.4 Å². The topological polar surface area (TPSA) is 66.9 Å². The van der Waals surface area contributed by atoms with Crippen molar-refractivity contribution in [2.24, 2.45) is 0 Å². The average Bonchev–Trinajstić information content (AvgIpc) is 2.72. The molecular formula is C20H14F6N4O. The Kier molecular flexibility index (Phi) is 6.14. The molecule has 0 aliphatic carbocycles. The third-order valence-corrected chi connectivity index (χ3v) is 4.23. The number of nitrogens with zero attached hydrogens (tertiary/aromatic N) is 2. The second-order valence-electron chi connectivity index (χ2n) is 6.35. The molecule has 162 valence electrons. The maximum Gasteiger partial charge on any atom is 0.416 e. The van der Waals surface area contributed by atoms with Gasteiger partial charge in [-0.1, -0.05) is 12.1 Å². The molecule has 11 heteroatoms. The zero-order valence-electron chi connectivity index (χ0n) is 15.5. The number of aromatic nitrogens is 2. The van der Waals surface area contributed by atoms with Crippen LogP contribution >= 0.6 is 0 Å². The molecule has 3 aromatic rings. The highest BCUT2D eigenvalue weighted by Gasteiger charge is 2.36. The Morgan fingerprint density at radius 3 is 2.10 bits per heavy atom. The number of alkyl halides is 6. The maximum absolute atomic E-state index is 13.5. The highest BCUT2D eigenvalue weighted by Crippen LogP contribution is 2.37. The molecule has 31 heavy (non-hydrogen) atoms. The van der Waals surface area contributed by atoms with Crippen molar-refractivity contribution in [1.29, 1.82) is 0 Å². The fourth-order valence-corrected chi connectivity index (χ4v) is 2.84. The van der Waals surface area contributed by atoms with Gasteiger partial charge in [0.05, 0.1) is 29.1 Å². The van der Waals surface area contributed by atoms with E-state index < -0.39 is 41.1 Å². The van der Waals surface area contributed by atoms with Crippen LogP contribution in [0.4, 0.5) is 36.8 Å². The lowest BCUT2D eigenvalue weighted by atomic mass is 9.95. The number of anilines is 1. The number of carbonyl (C=O) groups excluding carboxylic acids is 1. The molecule has 1 unspecified atom stereocenters. The van der Waals surface area contributed by atoms with E-state index in [1.165, 1.54) is 24.5 Å². The van der Waals surface area contributed by atoms with Gasteiger partial charge in [-0.25, -0.2) is 4.79 Å². The first-order chi connectivity index (χ1) is 14.6. The van der Waals surface area contributed by atoms with Crippen LogP contribution in [0.1, 0.15) is 28.3 Å². The van der Waals surface area contributed by atoms with Gasteiger partial charge in [0.2, 0.25) is 0 Å². The minimum Gasteiger partial charge on any atom is -0.327 e. The molecule has 0 aliphatic rings. The number of hydrogen-bond donors (Lipinski definition) is 2. The van der Waals surface area contributed by atoms with Gasteiger partial charge in [0.15, 0.2) is 0 Å². The number of urea groups is 1. The van der Waals surface area contributed by atoms with Crippen molar-refractivity contribution in [3.05, 3.63) is 89.5 Å². The molecule has 0 bridgehead atoms. The number of pyridine rings is 2. The molecule has 3 rings (SSSR count). The van der Waals surface area contributed by atoms with E-state index in [1.54, 1.807) is 0 Å². The van der Waals surface area contributed by atoms with Crippen molar-refractivity contribution >= 4 is 11.7 Å². The molecule has 1 aromatic carbocycles. The van der Waals surface area contributed by atoms with Crippen molar-refractivity contribution in [2.45, 2.75) is 18.4 Å². The van der Waals surface area contributed by atoms with Crippen molar-refractivity contribution < 1.29 is 31.1 Å². The van der Waals surface area contributed by atoms with Crippen LogP contribution in [0.25, 0.3) is 0 Å². The summed E-state index contributed by atoms with van der Waals surface area (Å²) in [7, 11) is 0. The normalized spacial score (nSPS) is 12.8. The standard InChI is InChI=1S/C20H14F6N4O/c21-19(22,23)13-5-3-12(4-6-13)17(15-11-28-9-7-16(15)20(24,25)26)30-18(31)29-14-2-1-8-27-10-14/h1-11,17H,(H2,29,30,31). The van der Waals surface area contributed by atoms with E-state index in [9.17, 15) is 31.1 Å². The van der Waals surface area contributed by atoms with Crippen LogP contribution in [-0.2, 0) is 12.4 Å². The van der Waals surface area contributed by atoms with E-state index in [0.717, 1.165) is 42.7 Å². The van der Waals surface area contributed by atoms with E-state index in [-0.39, 0.29) is 11.3 Å². The minimum atomic E-state index is -4.77. The van der Waals surface area contributed by atoms with Crippen molar-refractivity contribution in [2.75, 3.05) is 5.32 Å². The molecule has 0 saturated carbocycles. The summed E-state index contributed by atoms with van der Waals surface area (Å²) in [5.74, 6) is 0. The van der Waals surface area contributed by atoms with E-state index in [1.807, 2.05) is 0 Å². The Morgan fingerprint density at radius 1 is 0.839 bits per heavy atom.